The number of hydrogen-bond donors (Lipinski definition) is 0. The molecule has 0 radical (unpaired) electrons. The number of aromatic nitrogens is 12. The molecule has 30 aromatic rings. The maximum absolute atomic E-state index is 8.80. The van der Waals surface area contributed by atoms with Crippen molar-refractivity contribution in [2.75, 3.05) is 0 Å². The first-order valence-electron chi connectivity index (χ1n) is 51.1. The predicted molar refractivity (Wildman–Crippen MR) is 618 cm³/mol. The van der Waals surface area contributed by atoms with E-state index < -0.39 is 0 Å². The van der Waals surface area contributed by atoms with Gasteiger partial charge in [-0.1, -0.05) is 431 Å². The second kappa shape index (κ2) is 36.7. The minimum atomic E-state index is -0.238. The Labute approximate surface area is 867 Å². The van der Waals surface area contributed by atoms with Crippen molar-refractivity contribution in [1.29, 1.82) is 0 Å². The fourth-order valence-electron chi connectivity index (χ4n) is 20.9. The van der Waals surface area contributed by atoms with E-state index in [1.165, 1.54) is 118 Å². The van der Waals surface area contributed by atoms with E-state index in [4.69, 9.17) is 50.3 Å². The molecule has 9 heterocycles. The van der Waals surface area contributed by atoms with E-state index in [9.17, 15) is 0 Å². The van der Waals surface area contributed by atoms with Crippen LogP contribution in [0.2, 0.25) is 0 Å². The Hall–Kier alpha value is -19.0. The number of rotatable bonds is 14. The van der Waals surface area contributed by atoms with Crippen LogP contribution in [0.4, 0.5) is 0 Å². The maximum atomic E-state index is 8.80. The lowest BCUT2D eigenvalue weighted by Gasteiger charge is -2.11. The third-order valence-electron chi connectivity index (χ3n) is 27.9. The molecule has 0 aliphatic carbocycles. The van der Waals surface area contributed by atoms with Gasteiger partial charge in [0.15, 0.2) is 34.9 Å². The van der Waals surface area contributed by atoms with Crippen LogP contribution in [0.25, 0.3) is 279 Å². The molecular weight excluding hydrogens is 1860 g/mol. The molecule has 148 heavy (non-hydrogen) atoms. The lowest BCUT2D eigenvalue weighted by molar-refractivity contribution is 0.955. The lowest BCUT2D eigenvalue weighted by Crippen LogP contribution is -2.06. The summed E-state index contributed by atoms with van der Waals surface area (Å²) < 4.78 is 47.2. The van der Waals surface area contributed by atoms with Crippen LogP contribution < -0.4 is 0 Å². The van der Waals surface area contributed by atoms with Gasteiger partial charge in [-0.15, -0.1) is 34.0 Å². The largest absolute Gasteiger partial charge is 0.276 e. The molecule has 15 heteroatoms. The first kappa shape index (κ1) is 82.5. The molecule has 21 aromatic carbocycles. The van der Waals surface area contributed by atoms with Gasteiger partial charge < -0.3 is 0 Å². The number of hydrogen-bond acceptors (Lipinski definition) is 12. The summed E-state index contributed by atoms with van der Waals surface area (Å²) >= 11 is 5.04. The van der Waals surface area contributed by atoms with E-state index in [2.05, 4.69) is 329 Å². The molecule has 0 aliphatic heterocycles. The van der Waals surface area contributed by atoms with Crippen LogP contribution in [0, 0.1) is 0 Å². The molecule has 30 rings (SSSR count). The predicted octanol–water partition coefficient (Wildman–Crippen LogP) is 35.5. The molecule has 0 unspecified atom stereocenters. The van der Waals surface area contributed by atoms with Crippen LogP contribution >= 0.6 is 34.0 Å². The monoisotopic (exact) mass is 1950 g/mol. The number of thiophene rings is 3. The average molecular weight is 1950 g/mol. The van der Waals surface area contributed by atoms with Gasteiger partial charge >= 0.3 is 0 Å². The zero-order valence-corrected chi connectivity index (χ0v) is 81.6. The summed E-state index contributed by atoms with van der Waals surface area (Å²) in [5, 5.41) is 15.4. The Bertz CT molecular complexity index is 10500. The summed E-state index contributed by atoms with van der Waals surface area (Å²) in [6.45, 7) is 0. The van der Waals surface area contributed by atoms with Gasteiger partial charge in [0.1, 0.15) is 0 Å². The number of fused-ring (bicyclic) bond motifs is 22. The molecule has 12 nitrogen and oxygen atoms in total. The highest BCUT2D eigenvalue weighted by Crippen LogP contribution is 2.50. The molecule has 0 fully saturated rings. The summed E-state index contributed by atoms with van der Waals surface area (Å²) in [5.74, 6) is 5.27. The van der Waals surface area contributed by atoms with E-state index in [0.717, 1.165) is 109 Å². The Kier molecular flexibility index (Phi) is 20.5. The van der Waals surface area contributed by atoms with Crippen molar-refractivity contribution in [3.05, 3.63) is 497 Å². The van der Waals surface area contributed by atoms with Gasteiger partial charge in [0.25, 0.3) is 0 Å². The Balaban J connectivity index is 0.000000109. The van der Waals surface area contributed by atoms with Crippen molar-refractivity contribution in [1.82, 2.24) is 58.6 Å². The molecule has 9 aromatic heterocycles. The van der Waals surface area contributed by atoms with E-state index in [0.29, 0.717) is 62.9 Å². The van der Waals surface area contributed by atoms with Gasteiger partial charge in [-0.3, -0.25) is 13.7 Å². The van der Waals surface area contributed by atoms with E-state index in [-0.39, 0.29) is 24.2 Å². The minimum Gasteiger partial charge on any atom is -0.276 e. The number of nitrogens with zero attached hydrogens (tertiary/aromatic N) is 12. The van der Waals surface area contributed by atoms with Crippen LogP contribution in [-0.2, 0) is 0 Å². The van der Waals surface area contributed by atoms with Gasteiger partial charge in [-0.25, -0.2) is 15.0 Å². The van der Waals surface area contributed by atoms with Crippen molar-refractivity contribution < 1.29 is 5.48 Å². The zero-order valence-electron chi connectivity index (χ0n) is 83.1. The average Bonchev–Trinajstić information content (AvgIpc) is 1.55. The molecule has 0 amide bonds. The summed E-state index contributed by atoms with van der Waals surface area (Å²) in [4.78, 5) is 46.0. The molecule has 0 saturated carbocycles. The van der Waals surface area contributed by atoms with Gasteiger partial charge in [0.05, 0.1) is 52.7 Å². The quantitative estimate of drug-likeness (QED) is 0.104. The Morgan fingerprint density at radius 1 is 0.169 bits per heavy atom. The summed E-state index contributed by atoms with van der Waals surface area (Å²) in [5.41, 5.74) is 23.3. The highest BCUT2D eigenvalue weighted by Gasteiger charge is 2.28. The molecule has 692 valence electrons. The fourth-order valence-corrected chi connectivity index (χ4v) is 24.5. The van der Waals surface area contributed by atoms with Crippen molar-refractivity contribution in [2.45, 2.75) is 0 Å². The zero-order chi connectivity index (χ0) is 101. The second-order valence-electron chi connectivity index (χ2n) is 36.7. The number of benzene rings is 21. The Morgan fingerprint density at radius 3 is 0.764 bits per heavy atom. The van der Waals surface area contributed by atoms with E-state index >= 15 is 0 Å². The molecule has 0 aliphatic rings. The molecular formula is C133H82N12S3. The first-order chi connectivity index (χ1) is 75.0. The van der Waals surface area contributed by atoms with Crippen LogP contribution in [0.3, 0.4) is 0 Å². The van der Waals surface area contributed by atoms with Crippen molar-refractivity contribution in [3.8, 4) is 142 Å². The minimum absolute atomic E-state index is 0.0349. The Morgan fingerprint density at radius 2 is 0.426 bits per heavy atom. The van der Waals surface area contributed by atoms with Crippen LogP contribution in [0.5, 0.6) is 0 Å². The fraction of sp³-hybridized carbons (Fsp3) is 0. The standard InChI is InChI=1S/C49H30N4S.C45H28N4S.C39H24N4S/c1-4-13-31(14-5-1)35-23-27-43-41(29-35)39-25-26-40-42-30-36(38-22-12-20-32-15-10-11-21-37(32)38)24-28-44(42)54-46(40)45(39)53(43)49-51-47(33-16-6-2-7-17-33)50-48(52-49)34-18-8-3-9-19-34;1-5-13-29(14-6-1)33-21-25-39-37(27-33)35-23-24-36-38-28-34(30-15-7-2-8-16-30)22-26-40(38)50-42(36)41(35)49(39)45-47-43(31-17-9-3-10-18-31)46-44(48-45)32-19-11-4-12-20-32;1-4-12-25(13-5-1)28-20-23-33-32(24-28)30-21-22-31-29-18-10-11-19-34(29)44-36(31)35(30)43(33)39-41-37(26-14-6-2-7-15-26)40-38(42-39)27-16-8-3-9-17-27/h1-30H;1-28H;1-24H/i;;10D,11D,18D,19D. The molecule has 0 N–H and O–H groups in total. The molecule has 0 saturated heterocycles. The smallest absolute Gasteiger partial charge is 0.238 e. The lowest BCUT2D eigenvalue weighted by atomic mass is 9.97. The van der Waals surface area contributed by atoms with E-state index in [1.54, 1.807) is 0 Å². The highest BCUT2D eigenvalue weighted by atomic mass is 32.1. The maximum Gasteiger partial charge on any atom is 0.238 e. The molecule has 0 spiro atoms. The van der Waals surface area contributed by atoms with Crippen molar-refractivity contribution in [3.63, 3.8) is 0 Å². The van der Waals surface area contributed by atoms with Gasteiger partial charge in [0, 0.05) is 112 Å². The second-order valence-corrected chi connectivity index (χ2v) is 39.8. The third-order valence-corrected chi connectivity index (χ3v) is 31.4. The molecule has 0 atom stereocenters. The van der Waals surface area contributed by atoms with E-state index in [1.807, 2.05) is 180 Å². The third kappa shape index (κ3) is 15.5. The highest BCUT2D eigenvalue weighted by molar-refractivity contribution is 7.27. The SMILES string of the molecule is [2H]c1c([2H])c([2H])c2c(sc3c2ccc2c4cc(-c5ccccc5)ccc4n(-c4nc(-c5ccccc5)nc(-c5ccccc5)n4)c23)c1[2H].c1ccc(-c2ccc3c(c2)c2ccc4c5cc(-c6cccc7ccccc67)ccc5sc4c2n3-c2nc(-c3ccccc3)nc(-c3ccccc3)n2)cc1.c1ccc(-c2ccc3sc4c(ccc5c6cc(-c7ccccc7)ccc6n(-c6nc(-c7ccccc7)nc(-c7ccccc7)n6)c54)c3c2)cc1. The van der Waals surface area contributed by atoms with Crippen molar-refractivity contribution in [2.24, 2.45) is 0 Å². The van der Waals surface area contributed by atoms with Crippen LogP contribution in [0.1, 0.15) is 5.48 Å². The summed E-state index contributed by atoms with van der Waals surface area (Å²) in [6.07, 6.45) is 0. The van der Waals surface area contributed by atoms with Gasteiger partial charge in [-0.05, 0) is 133 Å². The van der Waals surface area contributed by atoms with Gasteiger partial charge in [0.2, 0.25) is 17.8 Å². The van der Waals surface area contributed by atoms with Gasteiger partial charge in [-0.2, -0.15) is 29.9 Å². The molecule has 0 bridgehead atoms. The van der Waals surface area contributed by atoms with Crippen LogP contribution in [-0.4, -0.2) is 58.6 Å². The van der Waals surface area contributed by atoms with Crippen molar-refractivity contribution >= 4 is 171 Å². The summed E-state index contributed by atoms with van der Waals surface area (Å²) in [7, 11) is 0. The first-order valence-corrected chi connectivity index (χ1v) is 51.6. The summed E-state index contributed by atoms with van der Waals surface area (Å²) in [6, 6.07) is 164. The normalized spacial score (nSPS) is 12.0. The topological polar surface area (TPSA) is 131 Å². The van der Waals surface area contributed by atoms with Crippen LogP contribution in [0.15, 0.2) is 497 Å².